The number of imidazole rings is 1. The normalized spacial score (nSPS) is 13.5. The minimum absolute atomic E-state index is 0.488. The summed E-state index contributed by atoms with van der Waals surface area (Å²) in [4.78, 5) is 9.24. The summed E-state index contributed by atoms with van der Waals surface area (Å²) >= 11 is 0. The standard InChI is InChI=1S/C24H29N5O2/c1-2-25-24(28-20-9-10-21-22(17-20)31-16-6-15-30-21)27-18-23-26-12-14-29(23)13-11-19-7-4-3-5-8-19/h3-5,7-10,12,14,17H,2,6,11,13,15-16,18H2,1H3,(H2,25,27,28). The number of fused-ring (bicyclic) bond motifs is 1. The van der Waals surface area contributed by atoms with Gasteiger partial charge in [-0.2, -0.15) is 0 Å². The van der Waals surface area contributed by atoms with Gasteiger partial charge in [0.05, 0.1) is 13.2 Å². The Hall–Kier alpha value is -3.48. The second kappa shape index (κ2) is 10.5. The lowest BCUT2D eigenvalue weighted by atomic mass is 10.1. The van der Waals surface area contributed by atoms with E-state index < -0.39 is 0 Å². The van der Waals surface area contributed by atoms with Crippen LogP contribution < -0.4 is 20.1 Å². The van der Waals surface area contributed by atoms with Crippen LogP contribution in [0.5, 0.6) is 11.5 Å². The molecule has 1 aliphatic heterocycles. The molecule has 2 aromatic carbocycles. The third-order valence-corrected chi connectivity index (χ3v) is 5.02. The fraction of sp³-hybridized carbons (Fsp3) is 0.333. The van der Waals surface area contributed by atoms with E-state index in [-0.39, 0.29) is 0 Å². The molecule has 4 rings (SSSR count). The Morgan fingerprint density at radius 1 is 1.10 bits per heavy atom. The summed E-state index contributed by atoms with van der Waals surface area (Å²) in [6.45, 7) is 5.52. The van der Waals surface area contributed by atoms with Gasteiger partial charge in [0.1, 0.15) is 12.4 Å². The van der Waals surface area contributed by atoms with Gasteiger partial charge in [-0.1, -0.05) is 30.3 Å². The van der Waals surface area contributed by atoms with Crippen LogP contribution in [0.15, 0.2) is 65.9 Å². The van der Waals surface area contributed by atoms with Crippen molar-refractivity contribution in [3.8, 4) is 11.5 Å². The Bertz CT molecular complexity index is 1000. The maximum Gasteiger partial charge on any atom is 0.196 e. The number of ether oxygens (including phenoxy) is 2. The summed E-state index contributed by atoms with van der Waals surface area (Å²) in [5.41, 5.74) is 2.21. The molecule has 7 nitrogen and oxygen atoms in total. The molecule has 0 unspecified atom stereocenters. The topological polar surface area (TPSA) is 72.7 Å². The molecule has 2 heterocycles. The highest BCUT2D eigenvalue weighted by atomic mass is 16.5. The molecule has 0 atom stereocenters. The van der Waals surface area contributed by atoms with Crippen LogP contribution in [0.3, 0.4) is 0 Å². The molecule has 162 valence electrons. The summed E-state index contributed by atoms with van der Waals surface area (Å²) in [5.74, 6) is 3.18. The zero-order valence-corrected chi connectivity index (χ0v) is 17.9. The van der Waals surface area contributed by atoms with Crippen molar-refractivity contribution in [2.75, 3.05) is 25.1 Å². The van der Waals surface area contributed by atoms with Crippen LogP contribution in [0, 0.1) is 0 Å². The molecule has 1 aliphatic rings. The van der Waals surface area contributed by atoms with E-state index in [1.54, 1.807) is 0 Å². The first-order chi connectivity index (χ1) is 15.3. The lowest BCUT2D eigenvalue weighted by molar-refractivity contribution is 0.297. The number of guanidine groups is 1. The predicted octanol–water partition coefficient (Wildman–Crippen LogP) is 3.86. The number of nitrogens with one attached hydrogen (secondary N) is 2. The van der Waals surface area contributed by atoms with Gasteiger partial charge in [-0.15, -0.1) is 0 Å². The third kappa shape index (κ3) is 5.78. The average molecular weight is 420 g/mol. The van der Waals surface area contributed by atoms with Crippen molar-refractivity contribution < 1.29 is 9.47 Å². The number of anilines is 1. The van der Waals surface area contributed by atoms with Gasteiger partial charge in [0.25, 0.3) is 0 Å². The van der Waals surface area contributed by atoms with E-state index in [1.165, 1.54) is 5.56 Å². The first-order valence-electron chi connectivity index (χ1n) is 10.8. The van der Waals surface area contributed by atoms with Crippen molar-refractivity contribution in [1.82, 2.24) is 14.9 Å². The van der Waals surface area contributed by atoms with Crippen molar-refractivity contribution in [2.45, 2.75) is 32.9 Å². The van der Waals surface area contributed by atoms with Crippen LogP contribution in [0.4, 0.5) is 5.69 Å². The number of hydrogen-bond donors (Lipinski definition) is 2. The molecule has 31 heavy (non-hydrogen) atoms. The molecule has 0 bridgehead atoms. The molecular weight excluding hydrogens is 390 g/mol. The second-order valence-corrected chi connectivity index (χ2v) is 7.30. The van der Waals surface area contributed by atoms with Crippen LogP contribution in [-0.4, -0.2) is 35.3 Å². The second-order valence-electron chi connectivity index (χ2n) is 7.30. The quantitative estimate of drug-likeness (QED) is 0.449. The largest absolute Gasteiger partial charge is 0.490 e. The fourth-order valence-electron chi connectivity index (χ4n) is 3.42. The van der Waals surface area contributed by atoms with E-state index in [2.05, 4.69) is 44.5 Å². The fourth-order valence-corrected chi connectivity index (χ4v) is 3.42. The predicted molar refractivity (Wildman–Crippen MR) is 123 cm³/mol. The van der Waals surface area contributed by atoms with Crippen molar-refractivity contribution >= 4 is 11.6 Å². The van der Waals surface area contributed by atoms with E-state index >= 15 is 0 Å². The van der Waals surface area contributed by atoms with Gasteiger partial charge in [0, 0.05) is 43.7 Å². The average Bonchev–Trinajstić information content (AvgIpc) is 3.12. The molecule has 2 N–H and O–H groups in total. The van der Waals surface area contributed by atoms with Crippen LogP contribution in [0.2, 0.25) is 0 Å². The maximum absolute atomic E-state index is 5.79. The Labute approximate surface area is 183 Å². The van der Waals surface area contributed by atoms with Gasteiger partial charge >= 0.3 is 0 Å². The lowest BCUT2D eigenvalue weighted by Gasteiger charge is -2.14. The van der Waals surface area contributed by atoms with Gasteiger partial charge in [0.2, 0.25) is 0 Å². The summed E-state index contributed by atoms with van der Waals surface area (Å²) in [6, 6.07) is 16.3. The SMILES string of the molecule is CCNC(=NCc1nccn1CCc1ccccc1)Nc1ccc2c(c1)OCCCO2. The number of benzene rings is 2. The van der Waals surface area contributed by atoms with E-state index in [4.69, 9.17) is 14.5 Å². The summed E-state index contributed by atoms with van der Waals surface area (Å²) < 4.78 is 13.7. The smallest absolute Gasteiger partial charge is 0.196 e. The monoisotopic (exact) mass is 419 g/mol. The minimum atomic E-state index is 0.488. The number of aromatic nitrogens is 2. The van der Waals surface area contributed by atoms with Crippen LogP contribution in [0.1, 0.15) is 24.7 Å². The van der Waals surface area contributed by atoms with Crippen LogP contribution >= 0.6 is 0 Å². The van der Waals surface area contributed by atoms with Crippen molar-refractivity contribution in [2.24, 2.45) is 4.99 Å². The highest BCUT2D eigenvalue weighted by Crippen LogP contribution is 2.32. The first kappa shape index (κ1) is 20.8. The minimum Gasteiger partial charge on any atom is -0.490 e. The Kier molecular flexibility index (Phi) is 7.05. The Balaban J connectivity index is 1.42. The molecule has 0 aliphatic carbocycles. The van der Waals surface area contributed by atoms with Gasteiger partial charge in [-0.05, 0) is 31.0 Å². The Morgan fingerprint density at radius 3 is 2.77 bits per heavy atom. The number of aryl methyl sites for hydroxylation is 2. The number of nitrogens with zero attached hydrogens (tertiary/aromatic N) is 3. The molecule has 0 fully saturated rings. The maximum atomic E-state index is 5.79. The molecule has 0 saturated heterocycles. The summed E-state index contributed by atoms with van der Waals surface area (Å²) in [5, 5.41) is 6.65. The van der Waals surface area contributed by atoms with Crippen molar-refractivity contribution in [3.63, 3.8) is 0 Å². The van der Waals surface area contributed by atoms with Crippen LogP contribution in [0.25, 0.3) is 0 Å². The van der Waals surface area contributed by atoms with Crippen molar-refractivity contribution in [1.29, 1.82) is 0 Å². The zero-order valence-electron chi connectivity index (χ0n) is 17.9. The molecule has 0 spiro atoms. The van der Waals surface area contributed by atoms with Gasteiger partial charge < -0.3 is 24.7 Å². The highest BCUT2D eigenvalue weighted by molar-refractivity contribution is 5.93. The molecule has 3 aromatic rings. The number of rotatable bonds is 7. The molecule has 0 radical (unpaired) electrons. The lowest BCUT2D eigenvalue weighted by Crippen LogP contribution is -2.30. The highest BCUT2D eigenvalue weighted by Gasteiger charge is 2.11. The van der Waals surface area contributed by atoms with E-state index in [0.717, 1.165) is 48.9 Å². The summed E-state index contributed by atoms with van der Waals surface area (Å²) in [6.07, 6.45) is 5.69. The molecule has 1 aromatic heterocycles. The van der Waals surface area contributed by atoms with E-state index in [9.17, 15) is 0 Å². The van der Waals surface area contributed by atoms with E-state index in [1.807, 2.05) is 43.6 Å². The van der Waals surface area contributed by atoms with E-state index in [0.29, 0.717) is 25.7 Å². The molecule has 0 saturated carbocycles. The number of aliphatic imine (C=N–C) groups is 1. The van der Waals surface area contributed by atoms with Crippen molar-refractivity contribution in [3.05, 3.63) is 72.3 Å². The third-order valence-electron chi connectivity index (χ3n) is 5.02. The summed E-state index contributed by atoms with van der Waals surface area (Å²) in [7, 11) is 0. The zero-order chi connectivity index (χ0) is 21.3. The number of hydrogen-bond acceptors (Lipinski definition) is 4. The van der Waals surface area contributed by atoms with Gasteiger partial charge in [-0.3, -0.25) is 0 Å². The molecule has 0 amide bonds. The van der Waals surface area contributed by atoms with Gasteiger partial charge in [-0.25, -0.2) is 9.98 Å². The molecule has 7 heteroatoms. The Morgan fingerprint density at radius 2 is 1.94 bits per heavy atom. The van der Waals surface area contributed by atoms with Gasteiger partial charge in [0.15, 0.2) is 17.5 Å². The first-order valence-corrected chi connectivity index (χ1v) is 10.8. The van der Waals surface area contributed by atoms with Crippen LogP contribution in [-0.2, 0) is 19.5 Å². The molecular formula is C24H29N5O2.